The zero-order valence-electron chi connectivity index (χ0n) is 17.0. The van der Waals surface area contributed by atoms with Gasteiger partial charge in [-0.3, -0.25) is 9.08 Å². The van der Waals surface area contributed by atoms with E-state index in [1.54, 1.807) is 25.2 Å². The molecule has 1 aliphatic rings. The van der Waals surface area contributed by atoms with Gasteiger partial charge in [0.15, 0.2) is 0 Å². The quantitative estimate of drug-likeness (QED) is 0.357. The molecule has 0 spiro atoms. The number of hydrogen-bond donors (Lipinski definition) is 0. The Balaban J connectivity index is 0.000000303. The van der Waals surface area contributed by atoms with E-state index in [2.05, 4.69) is 20.5 Å². The molecule has 10 heteroatoms. The second-order valence-corrected chi connectivity index (χ2v) is 9.58. The molecule has 1 atom stereocenters. The minimum Gasteiger partial charge on any atom is -0.726 e. The van der Waals surface area contributed by atoms with Crippen LogP contribution in [0.3, 0.4) is 0 Å². The number of rotatable bonds is 6. The summed E-state index contributed by atoms with van der Waals surface area (Å²) < 4.78 is 38.2. The summed E-state index contributed by atoms with van der Waals surface area (Å²) in [7, 11) is -3.05. The van der Waals surface area contributed by atoms with Gasteiger partial charge in [0.25, 0.3) is 0 Å². The van der Waals surface area contributed by atoms with Crippen LogP contribution in [0.2, 0.25) is 5.02 Å². The van der Waals surface area contributed by atoms with E-state index in [0.29, 0.717) is 5.02 Å². The zero-order chi connectivity index (χ0) is 22.3. The van der Waals surface area contributed by atoms with Crippen LogP contribution in [0, 0.1) is 5.92 Å². The molecule has 0 bridgehead atoms. The van der Waals surface area contributed by atoms with Crippen molar-refractivity contribution in [2.75, 3.05) is 20.3 Å². The van der Waals surface area contributed by atoms with Gasteiger partial charge in [0.05, 0.1) is 13.7 Å². The normalized spacial score (nSPS) is 15.1. The van der Waals surface area contributed by atoms with Gasteiger partial charge < -0.3 is 9.29 Å². The summed E-state index contributed by atoms with van der Waals surface area (Å²) >= 11 is 8.07. The lowest BCUT2D eigenvalue weighted by atomic mass is 10.0. The fourth-order valence-electron chi connectivity index (χ4n) is 2.99. The topological polar surface area (TPSA) is 96.0 Å². The lowest BCUT2D eigenvalue weighted by molar-refractivity contribution is -0.147. The Kier molecular flexibility index (Phi) is 9.27. The maximum Gasteiger partial charge on any atom is 0.327 e. The molecule has 0 saturated carbocycles. The van der Waals surface area contributed by atoms with Crippen LogP contribution in [-0.4, -0.2) is 44.1 Å². The van der Waals surface area contributed by atoms with Gasteiger partial charge in [-0.1, -0.05) is 43.6 Å². The third-order valence-corrected chi connectivity index (χ3v) is 6.16. The first kappa shape index (κ1) is 24.8. The summed E-state index contributed by atoms with van der Waals surface area (Å²) in [5.41, 5.74) is 2.11. The molecular weight excluding hydrogens is 450 g/mol. The Morgan fingerprint density at radius 1 is 1.30 bits per heavy atom. The fourth-order valence-corrected chi connectivity index (χ4v) is 4.56. The number of hydrogen-bond acceptors (Lipinski definition) is 8. The van der Waals surface area contributed by atoms with Crippen molar-refractivity contribution in [1.82, 2.24) is 4.90 Å². The van der Waals surface area contributed by atoms with Crippen molar-refractivity contribution in [1.29, 1.82) is 0 Å². The molecule has 1 aromatic heterocycles. The van der Waals surface area contributed by atoms with Crippen LogP contribution >= 0.6 is 22.9 Å². The number of thiophene rings is 1. The molecule has 7 nitrogen and oxygen atoms in total. The molecular formula is C20H25ClNO6S2-. The molecule has 1 aromatic carbocycles. The summed E-state index contributed by atoms with van der Waals surface area (Å²) in [6.45, 7) is 5.06. The van der Waals surface area contributed by atoms with Crippen molar-refractivity contribution < 1.29 is 26.7 Å². The molecule has 1 aliphatic heterocycles. The monoisotopic (exact) mass is 474 g/mol. The highest BCUT2D eigenvalue weighted by atomic mass is 35.5. The van der Waals surface area contributed by atoms with Crippen molar-refractivity contribution in [3.63, 3.8) is 0 Å². The third-order valence-electron chi connectivity index (χ3n) is 4.37. The number of carbonyl (C=O) groups excluding carboxylic acids is 1. The van der Waals surface area contributed by atoms with Crippen LogP contribution in [0.5, 0.6) is 0 Å². The average Bonchev–Trinajstić information content (AvgIpc) is 3.16. The van der Waals surface area contributed by atoms with E-state index in [0.717, 1.165) is 25.1 Å². The van der Waals surface area contributed by atoms with Gasteiger partial charge >= 0.3 is 5.97 Å². The molecule has 3 rings (SSSR count). The van der Waals surface area contributed by atoms with E-state index < -0.39 is 16.4 Å². The predicted molar refractivity (Wildman–Crippen MR) is 115 cm³/mol. The lowest BCUT2D eigenvalue weighted by Crippen LogP contribution is -2.38. The van der Waals surface area contributed by atoms with E-state index in [1.807, 2.05) is 24.3 Å². The molecule has 0 radical (unpaired) electrons. The van der Waals surface area contributed by atoms with Crippen LogP contribution < -0.4 is 0 Å². The van der Waals surface area contributed by atoms with Gasteiger partial charge in [-0.05, 0) is 41.0 Å². The first-order chi connectivity index (χ1) is 14.1. The maximum atomic E-state index is 12.3. The van der Waals surface area contributed by atoms with E-state index >= 15 is 0 Å². The molecule has 166 valence electrons. The number of ether oxygens (including phenoxy) is 1. The van der Waals surface area contributed by atoms with Crippen molar-refractivity contribution in [2.24, 2.45) is 5.92 Å². The Hall–Kier alpha value is -1.49. The minimum absolute atomic E-state index is 0.0359. The second kappa shape index (κ2) is 11.2. The van der Waals surface area contributed by atoms with Crippen LogP contribution in [0.4, 0.5) is 0 Å². The molecule has 0 fully saturated rings. The molecule has 0 saturated heterocycles. The number of methoxy groups -OCH3 is 1. The molecule has 2 heterocycles. The highest BCUT2D eigenvalue weighted by Crippen LogP contribution is 2.33. The molecule has 30 heavy (non-hydrogen) atoms. The average molecular weight is 475 g/mol. The van der Waals surface area contributed by atoms with E-state index in [4.69, 9.17) is 16.3 Å². The van der Waals surface area contributed by atoms with Gasteiger partial charge in [0, 0.05) is 23.0 Å². The number of halogens is 1. The molecule has 0 N–H and O–H groups in total. The second-order valence-electron chi connectivity index (χ2n) is 7.12. The smallest absolute Gasteiger partial charge is 0.327 e. The van der Waals surface area contributed by atoms with Gasteiger partial charge in [-0.2, -0.15) is 0 Å². The van der Waals surface area contributed by atoms with E-state index in [9.17, 15) is 17.8 Å². The summed E-state index contributed by atoms with van der Waals surface area (Å²) in [6.07, 6.45) is 0.963. The standard InChI is InChI=1S/C16H16ClNO2S.C4H10O4S/c1-20-16(19)15(12-4-2-3-5-13(12)17)18-8-6-14-11(10-18)7-9-21-14;1-4(2)3-8-9(5,6)7/h2-5,7,9,15H,6,8,10H2,1H3;4H,3H2,1-2H3,(H,5,6,7)/p-1/t15-;/m0./s1. The number of nitrogens with zero attached hydrogens (tertiary/aromatic N) is 1. The maximum absolute atomic E-state index is 12.3. The number of fused-ring (bicyclic) bond motifs is 1. The fraction of sp³-hybridized carbons (Fsp3) is 0.450. The van der Waals surface area contributed by atoms with Crippen molar-refractivity contribution in [3.05, 3.63) is 56.7 Å². The highest BCUT2D eigenvalue weighted by Gasteiger charge is 2.32. The van der Waals surface area contributed by atoms with Crippen LogP contribution in [0.1, 0.15) is 35.9 Å². The predicted octanol–water partition coefficient (Wildman–Crippen LogP) is 3.79. The van der Waals surface area contributed by atoms with Crippen molar-refractivity contribution >= 4 is 39.3 Å². The van der Waals surface area contributed by atoms with Gasteiger partial charge in [0.2, 0.25) is 10.4 Å². The van der Waals surface area contributed by atoms with Crippen molar-refractivity contribution in [2.45, 2.75) is 32.9 Å². The molecule has 2 aromatic rings. The highest BCUT2D eigenvalue weighted by molar-refractivity contribution is 7.80. The first-order valence-electron chi connectivity index (χ1n) is 9.34. The van der Waals surface area contributed by atoms with Crippen LogP contribution in [0.25, 0.3) is 0 Å². The summed E-state index contributed by atoms with van der Waals surface area (Å²) in [5.74, 6) is -0.199. The Morgan fingerprint density at radius 3 is 2.57 bits per heavy atom. The number of carbonyl (C=O) groups is 1. The number of benzene rings is 1. The zero-order valence-corrected chi connectivity index (χ0v) is 19.4. The minimum atomic E-state index is -4.47. The SMILES string of the molecule is CC(C)COS(=O)(=O)[O-].COC(=O)[C@H](c1ccccc1Cl)N1CCc2sccc2C1. The molecule has 0 unspecified atom stereocenters. The van der Waals surface area contributed by atoms with Gasteiger partial charge in [-0.15, -0.1) is 11.3 Å². The Labute approximate surface area is 186 Å². The molecule has 0 amide bonds. The summed E-state index contributed by atoms with van der Waals surface area (Å²) in [6, 6.07) is 9.16. The Bertz CT molecular complexity index is 944. The number of esters is 1. The third kappa shape index (κ3) is 7.33. The summed E-state index contributed by atoms with van der Waals surface area (Å²) in [5, 5.41) is 2.71. The van der Waals surface area contributed by atoms with Crippen molar-refractivity contribution in [3.8, 4) is 0 Å². The lowest BCUT2D eigenvalue weighted by Gasteiger charge is -2.33. The van der Waals surface area contributed by atoms with E-state index in [1.165, 1.54) is 17.6 Å². The van der Waals surface area contributed by atoms with Crippen LogP contribution in [-0.2, 0) is 37.1 Å². The van der Waals surface area contributed by atoms with Gasteiger partial charge in [-0.25, -0.2) is 13.2 Å². The summed E-state index contributed by atoms with van der Waals surface area (Å²) in [4.78, 5) is 15.8. The van der Waals surface area contributed by atoms with E-state index in [-0.39, 0.29) is 18.5 Å². The van der Waals surface area contributed by atoms with Gasteiger partial charge in [0.1, 0.15) is 6.04 Å². The van der Waals surface area contributed by atoms with Crippen LogP contribution in [0.15, 0.2) is 35.7 Å². The Morgan fingerprint density at radius 2 is 2.00 bits per heavy atom. The largest absolute Gasteiger partial charge is 0.726 e. The molecule has 0 aliphatic carbocycles. The first-order valence-corrected chi connectivity index (χ1v) is 11.9.